The van der Waals surface area contributed by atoms with Crippen molar-refractivity contribution in [3.63, 3.8) is 0 Å². The number of hydrogen-bond donors (Lipinski definition) is 2. The van der Waals surface area contributed by atoms with Crippen LogP contribution in [0.2, 0.25) is 0 Å². The molecule has 0 aliphatic heterocycles. The molecule has 1 aromatic heterocycles. The maximum absolute atomic E-state index is 5.33. The van der Waals surface area contributed by atoms with Crippen molar-refractivity contribution in [2.24, 2.45) is 4.99 Å². The summed E-state index contributed by atoms with van der Waals surface area (Å²) < 4.78 is 7.27. The number of ether oxygens (including phenoxy) is 1. The first-order valence-electron chi connectivity index (χ1n) is 8.47. The highest BCUT2D eigenvalue weighted by Gasteiger charge is 2.01. The maximum atomic E-state index is 5.33. The van der Waals surface area contributed by atoms with E-state index >= 15 is 0 Å². The second-order valence-corrected chi connectivity index (χ2v) is 5.35. The van der Waals surface area contributed by atoms with Crippen LogP contribution in [0.5, 0.6) is 0 Å². The molecule has 0 radical (unpaired) electrons. The molecule has 7 heteroatoms. The number of nitrogens with one attached hydrogen (secondary N) is 2. The van der Waals surface area contributed by atoms with E-state index in [0.717, 1.165) is 37.8 Å². The zero-order valence-corrected chi connectivity index (χ0v) is 17.3. The summed E-state index contributed by atoms with van der Waals surface area (Å²) in [7, 11) is 0. The monoisotopic (exact) mass is 457 g/mol. The molecule has 0 spiro atoms. The Kier molecular flexibility index (Phi) is 10.9. The van der Waals surface area contributed by atoms with Gasteiger partial charge in [-0.25, -0.2) is 4.99 Å². The zero-order valence-electron chi connectivity index (χ0n) is 14.9. The van der Waals surface area contributed by atoms with Gasteiger partial charge >= 0.3 is 0 Å². The normalized spacial score (nSPS) is 11.0. The minimum Gasteiger partial charge on any atom is -0.380 e. The van der Waals surface area contributed by atoms with E-state index in [1.165, 1.54) is 5.56 Å². The number of benzene rings is 1. The van der Waals surface area contributed by atoms with Crippen molar-refractivity contribution in [2.75, 3.05) is 26.3 Å². The van der Waals surface area contributed by atoms with E-state index in [1.807, 2.05) is 42.2 Å². The minimum absolute atomic E-state index is 0. The summed E-state index contributed by atoms with van der Waals surface area (Å²) in [4.78, 5) is 4.59. The summed E-state index contributed by atoms with van der Waals surface area (Å²) in [6.07, 6.45) is 3.91. The van der Waals surface area contributed by atoms with Gasteiger partial charge in [-0.2, -0.15) is 5.10 Å². The van der Waals surface area contributed by atoms with Crippen LogP contribution in [0.25, 0.3) is 0 Å². The van der Waals surface area contributed by atoms with Crippen LogP contribution in [0.1, 0.15) is 25.0 Å². The third-order valence-electron chi connectivity index (χ3n) is 3.38. The number of hydrogen-bond acceptors (Lipinski definition) is 3. The van der Waals surface area contributed by atoms with Gasteiger partial charge in [-0.1, -0.05) is 30.3 Å². The standard InChI is InChI=1S/C18H27N5O.HI/c1-3-19-18(20-10-11-24-4-2)21-12-17-13-22-23(15-17)14-16-8-6-5-7-9-16;/h5-9,13,15H,3-4,10-12,14H2,1-2H3,(H2,19,20,21);1H. The predicted octanol–water partition coefficient (Wildman–Crippen LogP) is 2.64. The number of guanidine groups is 1. The summed E-state index contributed by atoms with van der Waals surface area (Å²) in [5, 5.41) is 10.9. The highest BCUT2D eigenvalue weighted by atomic mass is 127. The van der Waals surface area contributed by atoms with Crippen LogP contribution in [-0.4, -0.2) is 42.0 Å². The summed E-state index contributed by atoms with van der Waals surface area (Å²) in [6, 6.07) is 10.3. The van der Waals surface area contributed by atoms with E-state index in [4.69, 9.17) is 4.74 Å². The Balaban J connectivity index is 0.00000312. The minimum atomic E-state index is 0. The van der Waals surface area contributed by atoms with E-state index in [0.29, 0.717) is 13.2 Å². The van der Waals surface area contributed by atoms with Gasteiger partial charge in [-0.3, -0.25) is 4.68 Å². The van der Waals surface area contributed by atoms with Crippen molar-refractivity contribution in [1.29, 1.82) is 0 Å². The van der Waals surface area contributed by atoms with Crippen molar-refractivity contribution in [3.8, 4) is 0 Å². The third kappa shape index (κ3) is 8.35. The summed E-state index contributed by atoms with van der Waals surface area (Å²) >= 11 is 0. The molecule has 0 unspecified atom stereocenters. The molecule has 1 heterocycles. The van der Waals surface area contributed by atoms with E-state index in [-0.39, 0.29) is 24.0 Å². The second kappa shape index (κ2) is 12.7. The summed E-state index contributed by atoms with van der Waals surface area (Å²) in [5.74, 6) is 0.799. The molecule has 138 valence electrons. The Morgan fingerprint density at radius 1 is 1.16 bits per heavy atom. The third-order valence-corrected chi connectivity index (χ3v) is 3.38. The van der Waals surface area contributed by atoms with Crippen molar-refractivity contribution < 1.29 is 4.74 Å². The number of halogens is 1. The van der Waals surface area contributed by atoms with Crippen LogP contribution < -0.4 is 10.6 Å². The Bertz CT molecular complexity index is 615. The van der Waals surface area contributed by atoms with Crippen molar-refractivity contribution in [2.45, 2.75) is 26.9 Å². The molecule has 25 heavy (non-hydrogen) atoms. The van der Waals surface area contributed by atoms with Crippen molar-refractivity contribution in [3.05, 3.63) is 53.9 Å². The first-order chi connectivity index (χ1) is 11.8. The summed E-state index contributed by atoms with van der Waals surface area (Å²) in [5.41, 5.74) is 2.33. The Hall–Kier alpha value is -1.61. The fourth-order valence-electron chi connectivity index (χ4n) is 2.24. The van der Waals surface area contributed by atoms with Crippen molar-refractivity contribution >= 4 is 29.9 Å². The quantitative estimate of drug-likeness (QED) is 0.263. The maximum Gasteiger partial charge on any atom is 0.191 e. The number of rotatable bonds is 9. The van der Waals surface area contributed by atoms with Crippen LogP contribution in [0, 0.1) is 0 Å². The molecule has 0 saturated heterocycles. The first kappa shape index (κ1) is 21.4. The lowest BCUT2D eigenvalue weighted by molar-refractivity contribution is 0.152. The fourth-order valence-corrected chi connectivity index (χ4v) is 2.24. The molecule has 0 amide bonds. The lowest BCUT2D eigenvalue weighted by Gasteiger charge is -2.10. The molecule has 0 aliphatic rings. The molecule has 2 aromatic rings. The van der Waals surface area contributed by atoms with Crippen LogP contribution in [-0.2, 0) is 17.8 Å². The SMILES string of the molecule is CCNC(=NCc1cnn(Cc2ccccc2)c1)NCCOCC.I. The van der Waals surface area contributed by atoms with Gasteiger partial charge in [0.05, 0.1) is 25.9 Å². The highest BCUT2D eigenvalue weighted by molar-refractivity contribution is 14.0. The smallest absolute Gasteiger partial charge is 0.191 e. The van der Waals surface area contributed by atoms with Gasteiger partial charge in [0, 0.05) is 31.5 Å². The van der Waals surface area contributed by atoms with Crippen LogP contribution in [0.15, 0.2) is 47.7 Å². The molecule has 0 fully saturated rings. The number of aliphatic imine (C=N–C) groups is 1. The van der Waals surface area contributed by atoms with Crippen molar-refractivity contribution in [1.82, 2.24) is 20.4 Å². The molecule has 1 aromatic carbocycles. The molecule has 2 N–H and O–H groups in total. The summed E-state index contributed by atoms with van der Waals surface area (Å²) in [6.45, 7) is 8.40. The molecule has 0 saturated carbocycles. The average molecular weight is 457 g/mol. The van der Waals surface area contributed by atoms with E-state index in [9.17, 15) is 0 Å². The van der Waals surface area contributed by atoms with Gasteiger partial charge in [-0.15, -0.1) is 24.0 Å². The van der Waals surface area contributed by atoms with E-state index in [1.54, 1.807) is 0 Å². The molecular weight excluding hydrogens is 429 g/mol. The highest BCUT2D eigenvalue weighted by Crippen LogP contribution is 2.05. The van der Waals surface area contributed by atoms with Gasteiger partial charge in [0.25, 0.3) is 0 Å². The van der Waals surface area contributed by atoms with E-state index in [2.05, 4.69) is 39.8 Å². The van der Waals surface area contributed by atoms with Crippen LogP contribution in [0.3, 0.4) is 0 Å². The largest absolute Gasteiger partial charge is 0.380 e. The fraction of sp³-hybridized carbons (Fsp3) is 0.444. The van der Waals surface area contributed by atoms with Gasteiger partial charge in [-0.05, 0) is 19.4 Å². The Morgan fingerprint density at radius 2 is 1.96 bits per heavy atom. The molecule has 0 aliphatic carbocycles. The predicted molar refractivity (Wildman–Crippen MR) is 112 cm³/mol. The average Bonchev–Trinajstić information content (AvgIpc) is 3.05. The van der Waals surface area contributed by atoms with Crippen LogP contribution >= 0.6 is 24.0 Å². The molecular formula is C18H28IN5O. The molecule has 0 bridgehead atoms. The van der Waals surface area contributed by atoms with Gasteiger partial charge < -0.3 is 15.4 Å². The van der Waals surface area contributed by atoms with Gasteiger partial charge in [0.15, 0.2) is 5.96 Å². The second-order valence-electron chi connectivity index (χ2n) is 5.35. The van der Waals surface area contributed by atoms with Crippen LogP contribution in [0.4, 0.5) is 0 Å². The van der Waals surface area contributed by atoms with Gasteiger partial charge in [0.2, 0.25) is 0 Å². The molecule has 6 nitrogen and oxygen atoms in total. The number of aromatic nitrogens is 2. The first-order valence-corrected chi connectivity index (χ1v) is 8.47. The Labute approximate surface area is 167 Å². The Morgan fingerprint density at radius 3 is 2.68 bits per heavy atom. The topological polar surface area (TPSA) is 63.5 Å². The molecule has 0 atom stereocenters. The lowest BCUT2D eigenvalue weighted by atomic mass is 10.2. The van der Waals surface area contributed by atoms with E-state index < -0.39 is 0 Å². The zero-order chi connectivity index (χ0) is 17.0. The molecule has 2 rings (SSSR count). The lowest BCUT2D eigenvalue weighted by Crippen LogP contribution is -2.38. The number of nitrogens with zero attached hydrogens (tertiary/aromatic N) is 3. The van der Waals surface area contributed by atoms with Gasteiger partial charge in [0.1, 0.15) is 0 Å².